The molecule has 110 valence electrons. The first-order valence-electron chi connectivity index (χ1n) is 6.11. The van der Waals surface area contributed by atoms with E-state index in [0.717, 1.165) is 0 Å². The quantitative estimate of drug-likeness (QED) is 0.840. The van der Waals surface area contributed by atoms with Gasteiger partial charge in [0, 0.05) is 0 Å². The van der Waals surface area contributed by atoms with Gasteiger partial charge in [0.05, 0.1) is 29.4 Å². The predicted octanol–water partition coefficient (Wildman–Crippen LogP) is 2.44. The molecule has 1 atom stereocenters. The molecule has 0 saturated carbocycles. The topological polar surface area (TPSA) is 81.4 Å². The van der Waals surface area contributed by atoms with Crippen LogP contribution < -0.4 is 11.1 Å². The maximum absolute atomic E-state index is 12.1. The number of ether oxygens (including phenoxy) is 1. The molecular formula is C14H19ClN2O3. The lowest BCUT2D eigenvalue weighted by Crippen LogP contribution is -2.45. The zero-order valence-electron chi connectivity index (χ0n) is 12.0. The lowest BCUT2D eigenvalue weighted by Gasteiger charge is -2.26. The number of anilines is 1. The summed E-state index contributed by atoms with van der Waals surface area (Å²) in [5.41, 5.74) is 6.13. The standard InChI is InChI=1S/C14H19ClN2O3/c1-14(2,3)11(16)12(18)17-10-7-8(13(19)20-4)5-6-9(10)15/h5-7,11H,16H2,1-4H3,(H,17,18)/t11-/m1/s1. The number of carbonyl (C=O) groups is 2. The van der Waals surface area contributed by atoms with Crippen LogP contribution in [0.25, 0.3) is 0 Å². The Hall–Kier alpha value is -1.59. The Morgan fingerprint density at radius 2 is 1.95 bits per heavy atom. The van der Waals surface area contributed by atoms with E-state index < -0.39 is 12.0 Å². The average molecular weight is 299 g/mol. The van der Waals surface area contributed by atoms with Gasteiger partial charge in [-0.2, -0.15) is 0 Å². The van der Waals surface area contributed by atoms with Crippen LogP contribution in [0.5, 0.6) is 0 Å². The number of rotatable bonds is 3. The Bertz CT molecular complexity index is 524. The van der Waals surface area contributed by atoms with Crippen molar-refractivity contribution in [2.45, 2.75) is 26.8 Å². The van der Waals surface area contributed by atoms with Gasteiger partial charge in [-0.1, -0.05) is 32.4 Å². The summed E-state index contributed by atoms with van der Waals surface area (Å²) in [7, 11) is 1.28. The molecule has 1 amide bonds. The number of nitrogens with two attached hydrogens (primary N) is 1. The van der Waals surface area contributed by atoms with E-state index in [0.29, 0.717) is 16.3 Å². The molecule has 20 heavy (non-hydrogen) atoms. The van der Waals surface area contributed by atoms with Crippen molar-refractivity contribution in [1.82, 2.24) is 0 Å². The van der Waals surface area contributed by atoms with Gasteiger partial charge < -0.3 is 15.8 Å². The summed E-state index contributed by atoms with van der Waals surface area (Å²) in [5, 5.41) is 2.96. The summed E-state index contributed by atoms with van der Waals surface area (Å²) >= 11 is 6.00. The Balaban J connectivity index is 2.97. The van der Waals surface area contributed by atoms with E-state index in [1.54, 1.807) is 0 Å². The largest absolute Gasteiger partial charge is 0.465 e. The van der Waals surface area contributed by atoms with Crippen LogP contribution in [0.4, 0.5) is 5.69 Å². The fraction of sp³-hybridized carbons (Fsp3) is 0.429. The molecule has 0 radical (unpaired) electrons. The van der Waals surface area contributed by atoms with E-state index in [4.69, 9.17) is 17.3 Å². The second-order valence-electron chi connectivity index (χ2n) is 5.52. The van der Waals surface area contributed by atoms with Crippen LogP contribution in [-0.2, 0) is 9.53 Å². The highest BCUT2D eigenvalue weighted by Crippen LogP contribution is 2.25. The van der Waals surface area contributed by atoms with Crippen molar-refractivity contribution >= 4 is 29.2 Å². The maximum atomic E-state index is 12.1. The van der Waals surface area contributed by atoms with Crippen LogP contribution in [0.3, 0.4) is 0 Å². The van der Waals surface area contributed by atoms with Gasteiger partial charge in [-0.15, -0.1) is 0 Å². The summed E-state index contributed by atoms with van der Waals surface area (Å²) in [5.74, 6) is -0.862. The predicted molar refractivity (Wildman–Crippen MR) is 78.9 cm³/mol. The number of esters is 1. The number of amides is 1. The van der Waals surface area contributed by atoms with Crippen LogP contribution in [-0.4, -0.2) is 25.0 Å². The fourth-order valence-electron chi connectivity index (χ4n) is 1.47. The lowest BCUT2D eigenvalue weighted by molar-refractivity contribution is -0.119. The molecule has 0 aliphatic rings. The van der Waals surface area contributed by atoms with Crippen molar-refractivity contribution in [1.29, 1.82) is 0 Å². The number of hydrogen-bond acceptors (Lipinski definition) is 4. The van der Waals surface area contributed by atoms with E-state index in [9.17, 15) is 9.59 Å². The van der Waals surface area contributed by atoms with E-state index >= 15 is 0 Å². The highest BCUT2D eigenvalue weighted by atomic mass is 35.5. The first kappa shape index (κ1) is 16.5. The molecule has 0 saturated heterocycles. The Kier molecular flexibility index (Phi) is 5.14. The van der Waals surface area contributed by atoms with Crippen LogP contribution in [0.2, 0.25) is 5.02 Å². The molecule has 1 aromatic rings. The molecule has 6 heteroatoms. The minimum absolute atomic E-state index is 0.302. The summed E-state index contributed by atoms with van der Waals surface area (Å²) in [6.45, 7) is 5.59. The number of halogens is 1. The highest BCUT2D eigenvalue weighted by molar-refractivity contribution is 6.34. The number of methoxy groups -OCH3 is 1. The summed E-state index contributed by atoms with van der Waals surface area (Å²) in [6, 6.07) is 3.81. The van der Waals surface area contributed by atoms with Gasteiger partial charge in [0.15, 0.2) is 0 Å². The zero-order valence-corrected chi connectivity index (χ0v) is 12.7. The molecule has 0 bridgehead atoms. The number of carbonyl (C=O) groups excluding carboxylic acids is 2. The summed E-state index contributed by atoms with van der Waals surface area (Å²) < 4.78 is 4.62. The van der Waals surface area contributed by atoms with Gasteiger partial charge in [0.1, 0.15) is 0 Å². The molecule has 0 aliphatic heterocycles. The molecule has 0 heterocycles. The third-order valence-corrected chi connectivity index (χ3v) is 3.19. The van der Waals surface area contributed by atoms with Gasteiger partial charge in [-0.25, -0.2) is 4.79 Å². The van der Waals surface area contributed by atoms with Crippen LogP contribution >= 0.6 is 11.6 Å². The second-order valence-corrected chi connectivity index (χ2v) is 5.93. The number of benzene rings is 1. The summed E-state index contributed by atoms with van der Waals surface area (Å²) in [4.78, 5) is 23.5. The average Bonchev–Trinajstić information content (AvgIpc) is 2.38. The Labute approximate surface area is 123 Å². The Morgan fingerprint density at radius 3 is 2.45 bits per heavy atom. The second kappa shape index (κ2) is 6.24. The molecule has 1 rings (SSSR count). The fourth-order valence-corrected chi connectivity index (χ4v) is 1.63. The zero-order chi connectivity index (χ0) is 15.5. The van der Waals surface area contributed by atoms with E-state index in [1.807, 2.05) is 20.8 Å². The maximum Gasteiger partial charge on any atom is 0.337 e. The van der Waals surface area contributed by atoms with E-state index in [1.165, 1.54) is 25.3 Å². The van der Waals surface area contributed by atoms with Crippen LogP contribution in [0.1, 0.15) is 31.1 Å². The first-order chi connectivity index (χ1) is 9.16. The minimum atomic E-state index is -0.694. The Morgan fingerprint density at radius 1 is 1.35 bits per heavy atom. The molecular weight excluding hydrogens is 280 g/mol. The van der Waals surface area contributed by atoms with Gasteiger partial charge in [0.2, 0.25) is 5.91 Å². The normalized spacial score (nSPS) is 12.7. The molecule has 5 nitrogen and oxygen atoms in total. The molecule has 0 aliphatic carbocycles. The molecule has 3 N–H and O–H groups in total. The SMILES string of the molecule is COC(=O)c1ccc(Cl)c(NC(=O)[C@@H](N)C(C)(C)C)c1. The monoisotopic (exact) mass is 298 g/mol. The smallest absolute Gasteiger partial charge is 0.337 e. The molecule has 0 fully saturated rings. The van der Waals surface area contributed by atoms with Crippen molar-refractivity contribution in [3.63, 3.8) is 0 Å². The van der Waals surface area contributed by atoms with Crippen molar-refractivity contribution in [3.05, 3.63) is 28.8 Å². The molecule has 0 aromatic heterocycles. The molecule has 0 spiro atoms. The third-order valence-electron chi connectivity index (χ3n) is 2.86. The van der Waals surface area contributed by atoms with Crippen molar-refractivity contribution in [3.8, 4) is 0 Å². The minimum Gasteiger partial charge on any atom is -0.465 e. The van der Waals surface area contributed by atoms with Crippen molar-refractivity contribution in [2.75, 3.05) is 12.4 Å². The van der Waals surface area contributed by atoms with Gasteiger partial charge in [0.25, 0.3) is 0 Å². The van der Waals surface area contributed by atoms with Crippen molar-refractivity contribution < 1.29 is 14.3 Å². The molecule has 0 unspecified atom stereocenters. The molecule has 1 aromatic carbocycles. The highest BCUT2D eigenvalue weighted by Gasteiger charge is 2.28. The van der Waals surface area contributed by atoms with Gasteiger partial charge in [-0.05, 0) is 23.6 Å². The summed E-state index contributed by atoms with van der Waals surface area (Å²) in [6.07, 6.45) is 0. The van der Waals surface area contributed by atoms with Gasteiger partial charge in [-0.3, -0.25) is 4.79 Å². The van der Waals surface area contributed by atoms with Crippen LogP contribution in [0.15, 0.2) is 18.2 Å². The van der Waals surface area contributed by atoms with E-state index in [-0.39, 0.29) is 11.3 Å². The van der Waals surface area contributed by atoms with Crippen molar-refractivity contribution in [2.24, 2.45) is 11.1 Å². The number of hydrogen-bond donors (Lipinski definition) is 2. The lowest BCUT2D eigenvalue weighted by atomic mass is 9.87. The first-order valence-corrected chi connectivity index (χ1v) is 6.49. The van der Waals surface area contributed by atoms with Crippen LogP contribution in [0, 0.1) is 5.41 Å². The third kappa shape index (κ3) is 3.95. The van der Waals surface area contributed by atoms with Gasteiger partial charge >= 0.3 is 5.97 Å². The van der Waals surface area contributed by atoms with E-state index in [2.05, 4.69) is 10.1 Å². The number of nitrogens with one attached hydrogen (secondary N) is 1.